The zero-order valence-corrected chi connectivity index (χ0v) is 16.5. The average Bonchev–Trinajstić information content (AvgIpc) is 2.61. The van der Waals surface area contributed by atoms with Gasteiger partial charge in [0.2, 0.25) is 17.7 Å². The van der Waals surface area contributed by atoms with Crippen molar-refractivity contribution in [2.45, 2.75) is 70.3 Å². The molecule has 1 aliphatic rings. The molecule has 6 atom stereocenters. The minimum atomic E-state index is -1.02. The van der Waals surface area contributed by atoms with Crippen molar-refractivity contribution in [2.75, 3.05) is 19.7 Å². The van der Waals surface area contributed by atoms with Crippen molar-refractivity contribution in [2.24, 2.45) is 5.73 Å². The van der Waals surface area contributed by atoms with Crippen molar-refractivity contribution in [1.82, 2.24) is 16.0 Å². The van der Waals surface area contributed by atoms with Gasteiger partial charge in [-0.3, -0.25) is 14.4 Å². The maximum absolute atomic E-state index is 12.4. The van der Waals surface area contributed by atoms with Crippen LogP contribution in [-0.2, 0) is 23.9 Å². The van der Waals surface area contributed by atoms with Gasteiger partial charge in [0, 0.05) is 26.8 Å². The average molecular weight is 404 g/mol. The third kappa shape index (κ3) is 7.68. The Morgan fingerprint density at radius 1 is 1.29 bits per heavy atom. The predicted octanol–water partition coefficient (Wildman–Crippen LogP) is -2.67. The van der Waals surface area contributed by atoms with E-state index in [1.54, 1.807) is 6.92 Å². The molecule has 1 aliphatic heterocycles. The highest BCUT2D eigenvalue weighted by Gasteiger charge is 2.40. The van der Waals surface area contributed by atoms with Crippen molar-refractivity contribution in [3.05, 3.63) is 0 Å². The Kier molecular flexibility index (Phi) is 10.3. The van der Waals surface area contributed by atoms with Crippen molar-refractivity contribution in [1.29, 1.82) is 0 Å². The van der Waals surface area contributed by atoms with Gasteiger partial charge >= 0.3 is 0 Å². The third-order valence-electron chi connectivity index (χ3n) is 4.27. The molecule has 1 fully saturated rings. The first-order valence-electron chi connectivity index (χ1n) is 9.31. The standard InChI is InChI=1S/C17H32N4O7/c1-9(15(21-11(3)24)16(26)19-6-4-5-18)27-17-12(20-10(2)23)7-13(25)14(8-22)28-17/h9,12-15,17,22,25H,4-8,18H2,1-3H3,(H,19,26)(H,20,23)(H,21,24)/t9-,12?,13+,14?,15+,17-/m1/s1. The number of carbonyl (C=O) groups excluding carboxylic acids is 3. The summed E-state index contributed by atoms with van der Waals surface area (Å²) < 4.78 is 11.4. The first-order valence-corrected chi connectivity index (χ1v) is 9.31. The SMILES string of the molecule is CC(=O)NC1C[C@H](O)C(CO)O[C@H]1O[C@H](C)[C@H](NC(C)=O)C(=O)NCCCN. The molecule has 7 N–H and O–H groups in total. The van der Waals surface area contributed by atoms with Gasteiger partial charge in [0.05, 0.1) is 24.9 Å². The Labute approximate surface area is 164 Å². The van der Waals surface area contributed by atoms with E-state index in [-0.39, 0.29) is 12.3 Å². The number of hydrogen-bond acceptors (Lipinski definition) is 8. The van der Waals surface area contributed by atoms with Crippen molar-refractivity contribution in [3.63, 3.8) is 0 Å². The zero-order valence-electron chi connectivity index (χ0n) is 16.5. The summed E-state index contributed by atoms with van der Waals surface area (Å²) in [6.45, 7) is 4.51. The summed E-state index contributed by atoms with van der Waals surface area (Å²) in [5, 5.41) is 27.2. The Bertz CT molecular complexity index is 534. The highest BCUT2D eigenvalue weighted by Crippen LogP contribution is 2.23. The highest BCUT2D eigenvalue weighted by molar-refractivity contribution is 5.87. The van der Waals surface area contributed by atoms with Gasteiger partial charge in [-0.05, 0) is 19.9 Å². The van der Waals surface area contributed by atoms with E-state index in [0.29, 0.717) is 19.5 Å². The number of nitrogens with one attached hydrogen (secondary N) is 3. The van der Waals surface area contributed by atoms with Crippen LogP contribution in [0.15, 0.2) is 0 Å². The molecule has 1 rings (SSSR count). The van der Waals surface area contributed by atoms with E-state index in [1.165, 1.54) is 13.8 Å². The minimum Gasteiger partial charge on any atom is -0.394 e. The fourth-order valence-electron chi connectivity index (χ4n) is 2.89. The molecular formula is C17H32N4O7. The first kappa shape index (κ1) is 24.2. The topological polar surface area (TPSA) is 172 Å². The van der Waals surface area contributed by atoms with Crippen molar-refractivity contribution >= 4 is 17.7 Å². The Morgan fingerprint density at radius 2 is 1.96 bits per heavy atom. The van der Waals surface area contributed by atoms with E-state index in [4.69, 9.17) is 15.2 Å². The lowest BCUT2D eigenvalue weighted by atomic mass is 10.0. The largest absolute Gasteiger partial charge is 0.394 e. The van der Waals surface area contributed by atoms with Gasteiger partial charge < -0.3 is 41.4 Å². The second kappa shape index (κ2) is 11.9. The van der Waals surface area contributed by atoms with Gasteiger partial charge in [-0.25, -0.2) is 0 Å². The lowest BCUT2D eigenvalue weighted by Gasteiger charge is -2.40. The summed E-state index contributed by atoms with van der Waals surface area (Å²) >= 11 is 0. The van der Waals surface area contributed by atoms with Crippen LogP contribution in [0.1, 0.15) is 33.6 Å². The van der Waals surface area contributed by atoms with Crippen LogP contribution in [0.5, 0.6) is 0 Å². The Morgan fingerprint density at radius 3 is 2.50 bits per heavy atom. The Hall–Kier alpha value is -1.79. The molecule has 162 valence electrons. The summed E-state index contributed by atoms with van der Waals surface area (Å²) in [5.74, 6) is -1.20. The summed E-state index contributed by atoms with van der Waals surface area (Å²) in [6, 6.07) is -1.69. The molecule has 0 aromatic heterocycles. The molecule has 0 radical (unpaired) electrons. The highest BCUT2D eigenvalue weighted by atomic mass is 16.7. The van der Waals surface area contributed by atoms with Crippen LogP contribution in [0.3, 0.4) is 0 Å². The maximum atomic E-state index is 12.4. The predicted molar refractivity (Wildman–Crippen MR) is 98.8 cm³/mol. The smallest absolute Gasteiger partial charge is 0.245 e. The molecule has 3 amide bonds. The van der Waals surface area contributed by atoms with Gasteiger partial charge in [-0.2, -0.15) is 0 Å². The lowest BCUT2D eigenvalue weighted by molar-refractivity contribution is -0.256. The van der Waals surface area contributed by atoms with Gasteiger partial charge in [-0.15, -0.1) is 0 Å². The van der Waals surface area contributed by atoms with E-state index >= 15 is 0 Å². The van der Waals surface area contributed by atoms with Crippen LogP contribution in [0, 0.1) is 0 Å². The number of rotatable bonds is 10. The van der Waals surface area contributed by atoms with E-state index in [0.717, 1.165) is 0 Å². The van der Waals surface area contributed by atoms with Crippen molar-refractivity contribution < 1.29 is 34.1 Å². The molecule has 0 aromatic rings. The molecule has 0 saturated carbocycles. The summed E-state index contributed by atoms with van der Waals surface area (Å²) in [6.07, 6.45) is -3.02. The fraction of sp³-hybridized carbons (Fsp3) is 0.824. The van der Waals surface area contributed by atoms with E-state index in [9.17, 15) is 24.6 Å². The molecular weight excluding hydrogens is 372 g/mol. The zero-order chi connectivity index (χ0) is 21.3. The third-order valence-corrected chi connectivity index (χ3v) is 4.27. The van der Waals surface area contributed by atoms with Gasteiger partial charge in [0.1, 0.15) is 12.1 Å². The van der Waals surface area contributed by atoms with Crippen LogP contribution in [-0.4, -0.2) is 84.3 Å². The van der Waals surface area contributed by atoms with Crippen LogP contribution in [0.2, 0.25) is 0 Å². The summed E-state index contributed by atoms with van der Waals surface area (Å²) in [4.78, 5) is 35.4. The van der Waals surface area contributed by atoms with Gasteiger partial charge in [0.25, 0.3) is 0 Å². The molecule has 0 spiro atoms. The molecule has 11 heteroatoms. The minimum absolute atomic E-state index is 0.107. The number of aliphatic hydroxyl groups is 2. The van der Waals surface area contributed by atoms with Crippen LogP contribution >= 0.6 is 0 Å². The van der Waals surface area contributed by atoms with E-state index in [1.807, 2.05) is 0 Å². The molecule has 11 nitrogen and oxygen atoms in total. The normalized spacial score (nSPS) is 26.8. The summed E-state index contributed by atoms with van der Waals surface area (Å²) in [7, 11) is 0. The molecule has 1 heterocycles. The maximum Gasteiger partial charge on any atom is 0.245 e. The van der Waals surface area contributed by atoms with E-state index in [2.05, 4.69) is 16.0 Å². The number of nitrogens with two attached hydrogens (primary N) is 1. The Balaban J connectivity index is 2.87. The number of aliphatic hydroxyl groups excluding tert-OH is 2. The quantitative estimate of drug-likeness (QED) is 0.214. The number of ether oxygens (including phenoxy) is 2. The number of carbonyl (C=O) groups is 3. The van der Waals surface area contributed by atoms with Crippen molar-refractivity contribution in [3.8, 4) is 0 Å². The molecule has 1 saturated heterocycles. The second-order valence-corrected chi connectivity index (χ2v) is 6.79. The second-order valence-electron chi connectivity index (χ2n) is 6.79. The first-order chi connectivity index (χ1) is 13.2. The van der Waals surface area contributed by atoms with Gasteiger partial charge in [-0.1, -0.05) is 0 Å². The molecule has 0 bridgehead atoms. The lowest BCUT2D eigenvalue weighted by Crippen LogP contribution is -2.59. The fourth-order valence-corrected chi connectivity index (χ4v) is 2.89. The van der Waals surface area contributed by atoms with Crippen LogP contribution < -0.4 is 21.7 Å². The monoisotopic (exact) mass is 404 g/mol. The van der Waals surface area contributed by atoms with E-state index < -0.39 is 55.1 Å². The number of amides is 3. The molecule has 28 heavy (non-hydrogen) atoms. The van der Waals surface area contributed by atoms with Crippen LogP contribution in [0.25, 0.3) is 0 Å². The molecule has 0 aromatic carbocycles. The van der Waals surface area contributed by atoms with Gasteiger partial charge in [0.15, 0.2) is 6.29 Å². The summed E-state index contributed by atoms with van der Waals surface area (Å²) in [5.41, 5.74) is 5.41. The molecule has 2 unspecified atom stereocenters. The molecule has 0 aliphatic carbocycles. The van der Waals surface area contributed by atoms with Crippen LogP contribution in [0.4, 0.5) is 0 Å². The number of hydrogen-bond donors (Lipinski definition) is 6.